The van der Waals surface area contributed by atoms with Crippen molar-refractivity contribution < 1.29 is 22.7 Å². The molecule has 0 aliphatic carbocycles. The number of carbonyl (C=O) groups excluding carboxylic acids is 2. The maximum atomic E-state index is 11.9. The molecule has 1 aromatic rings. The van der Waals surface area contributed by atoms with E-state index in [4.69, 9.17) is 4.74 Å². The van der Waals surface area contributed by atoms with Crippen LogP contribution in [-0.2, 0) is 24.2 Å². The molecule has 0 bridgehead atoms. The van der Waals surface area contributed by atoms with Gasteiger partial charge in [-0.1, -0.05) is 18.2 Å². The molecule has 2 atom stereocenters. The Balaban J connectivity index is 1.72. The number of hydrogen-bond donors (Lipinski definition) is 1. The molecule has 0 spiro atoms. The first-order valence-corrected chi connectivity index (χ1v) is 9.94. The minimum absolute atomic E-state index is 0.0487. The molecule has 6 nitrogen and oxygen atoms in total. The van der Waals surface area contributed by atoms with Gasteiger partial charge < -0.3 is 10.1 Å². The van der Waals surface area contributed by atoms with Crippen LogP contribution in [0.25, 0.3) is 0 Å². The van der Waals surface area contributed by atoms with Crippen LogP contribution in [0, 0.1) is 0 Å². The van der Waals surface area contributed by atoms with Crippen LogP contribution in [0.4, 0.5) is 0 Å². The average Bonchev–Trinajstić information content (AvgIpc) is 2.84. The smallest absolute Gasteiger partial charge is 0.319 e. The zero-order valence-corrected chi connectivity index (χ0v) is 14.4. The summed E-state index contributed by atoms with van der Waals surface area (Å²) < 4.78 is 27.6. The van der Waals surface area contributed by atoms with Crippen LogP contribution in [0.2, 0.25) is 0 Å². The molecule has 1 amide bonds. The SMILES string of the molecule is C[C@@H](Sc1ccccc1)C(=O)OCC(=O)N[C@@H]1CCS(=O)(=O)C1. The molecule has 0 radical (unpaired) electrons. The van der Waals surface area contributed by atoms with E-state index >= 15 is 0 Å². The van der Waals surface area contributed by atoms with Crippen LogP contribution < -0.4 is 5.32 Å². The number of sulfone groups is 1. The first-order valence-electron chi connectivity index (χ1n) is 7.24. The summed E-state index contributed by atoms with van der Waals surface area (Å²) in [5, 5.41) is 2.14. The van der Waals surface area contributed by atoms with E-state index in [9.17, 15) is 18.0 Å². The molecule has 1 aliphatic heterocycles. The Bertz CT molecular complexity index is 660. The Kier molecular flexibility index (Phi) is 6.06. The van der Waals surface area contributed by atoms with Crippen molar-refractivity contribution >= 4 is 33.5 Å². The summed E-state index contributed by atoms with van der Waals surface area (Å²) in [6.07, 6.45) is 0.405. The molecule has 1 aromatic carbocycles. The van der Waals surface area contributed by atoms with Crippen molar-refractivity contribution in [3.05, 3.63) is 30.3 Å². The van der Waals surface area contributed by atoms with Crippen LogP contribution in [0.1, 0.15) is 13.3 Å². The molecule has 1 heterocycles. The fourth-order valence-electron chi connectivity index (χ4n) is 2.18. The van der Waals surface area contributed by atoms with Crippen LogP contribution in [0.5, 0.6) is 0 Å². The fraction of sp³-hybridized carbons (Fsp3) is 0.467. The van der Waals surface area contributed by atoms with Crippen LogP contribution in [-0.4, -0.2) is 49.7 Å². The Hall–Kier alpha value is -1.54. The van der Waals surface area contributed by atoms with E-state index < -0.39 is 33.6 Å². The highest BCUT2D eigenvalue weighted by Gasteiger charge is 2.29. The Morgan fingerprint density at radius 1 is 1.35 bits per heavy atom. The van der Waals surface area contributed by atoms with Crippen LogP contribution >= 0.6 is 11.8 Å². The van der Waals surface area contributed by atoms with Crippen molar-refractivity contribution in [3.63, 3.8) is 0 Å². The van der Waals surface area contributed by atoms with Crippen molar-refractivity contribution in [2.24, 2.45) is 0 Å². The normalized spacial score (nSPS) is 20.7. The van der Waals surface area contributed by atoms with Gasteiger partial charge in [0.25, 0.3) is 5.91 Å². The van der Waals surface area contributed by atoms with E-state index in [0.29, 0.717) is 6.42 Å². The average molecular weight is 357 g/mol. The Labute approximate surface area is 139 Å². The van der Waals surface area contributed by atoms with Gasteiger partial charge in [-0.05, 0) is 25.5 Å². The lowest BCUT2D eigenvalue weighted by atomic mass is 10.2. The fourth-order valence-corrected chi connectivity index (χ4v) is 4.74. The molecule has 0 unspecified atom stereocenters. The zero-order chi connectivity index (χ0) is 16.9. The number of hydrogen-bond acceptors (Lipinski definition) is 6. The Morgan fingerprint density at radius 3 is 2.65 bits per heavy atom. The minimum Gasteiger partial charge on any atom is -0.455 e. The third kappa shape index (κ3) is 5.87. The summed E-state index contributed by atoms with van der Waals surface area (Å²) in [4.78, 5) is 24.5. The topological polar surface area (TPSA) is 89.5 Å². The van der Waals surface area contributed by atoms with Gasteiger partial charge >= 0.3 is 5.97 Å². The molecular weight excluding hydrogens is 338 g/mol. The monoisotopic (exact) mass is 357 g/mol. The summed E-state index contributed by atoms with van der Waals surface area (Å²) >= 11 is 1.35. The van der Waals surface area contributed by atoms with Crippen molar-refractivity contribution in [1.29, 1.82) is 0 Å². The second kappa shape index (κ2) is 7.83. The third-order valence-electron chi connectivity index (χ3n) is 3.33. The maximum absolute atomic E-state index is 11.9. The standard InChI is InChI=1S/C15H19NO5S2/c1-11(22-13-5-3-2-4-6-13)15(18)21-9-14(17)16-12-7-8-23(19,20)10-12/h2-6,11-12H,7-10H2,1H3,(H,16,17)/t11-,12-/m1/s1. The molecule has 8 heteroatoms. The third-order valence-corrected chi connectivity index (χ3v) is 6.19. The number of carbonyl (C=O) groups is 2. The van der Waals surface area contributed by atoms with Crippen LogP contribution in [0.3, 0.4) is 0 Å². The number of nitrogens with one attached hydrogen (secondary N) is 1. The van der Waals surface area contributed by atoms with Crippen molar-refractivity contribution in [2.45, 2.75) is 29.5 Å². The van der Waals surface area contributed by atoms with E-state index in [1.165, 1.54) is 11.8 Å². The molecular formula is C15H19NO5S2. The van der Waals surface area contributed by atoms with E-state index in [1.54, 1.807) is 6.92 Å². The van der Waals surface area contributed by atoms with E-state index in [-0.39, 0.29) is 17.5 Å². The lowest BCUT2D eigenvalue weighted by Gasteiger charge is -2.13. The highest BCUT2D eigenvalue weighted by atomic mass is 32.2. The molecule has 1 saturated heterocycles. The predicted molar refractivity (Wildman–Crippen MR) is 87.9 cm³/mol. The van der Waals surface area contributed by atoms with Gasteiger partial charge in [0.05, 0.1) is 11.5 Å². The summed E-state index contributed by atoms with van der Waals surface area (Å²) in [6, 6.07) is 9.04. The second-order valence-electron chi connectivity index (χ2n) is 5.35. The number of ether oxygens (including phenoxy) is 1. The van der Waals surface area contributed by atoms with Gasteiger partial charge in [-0.15, -0.1) is 11.8 Å². The number of esters is 1. The first-order chi connectivity index (χ1) is 10.9. The summed E-state index contributed by atoms with van der Waals surface area (Å²) in [5.41, 5.74) is 0. The van der Waals surface area contributed by atoms with Gasteiger partial charge in [-0.2, -0.15) is 0 Å². The lowest BCUT2D eigenvalue weighted by molar-refractivity contribution is -0.147. The summed E-state index contributed by atoms with van der Waals surface area (Å²) in [7, 11) is -3.05. The minimum atomic E-state index is -3.05. The molecule has 126 valence electrons. The summed E-state index contributed by atoms with van der Waals surface area (Å²) in [6.45, 7) is 1.32. The molecule has 1 N–H and O–H groups in total. The second-order valence-corrected chi connectivity index (χ2v) is 8.99. The van der Waals surface area contributed by atoms with Crippen molar-refractivity contribution in [2.75, 3.05) is 18.1 Å². The van der Waals surface area contributed by atoms with Gasteiger partial charge in [0.15, 0.2) is 16.4 Å². The maximum Gasteiger partial charge on any atom is 0.319 e. The van der Waals surface area contributed by atoms with Crippen molar-refractivity contribution in [3.8, 4) is 0 Å². The lowest BCUT2D eigenvalue weighted by Crippen LogP contribution is -2.38. The van der Waals surface area contributed by atoms with Crippen LogP contribution in [0.15, 0.2) is 35.2 Å². The van der Waals surface area contributed by atoms with Crippen molar-refractivity contribution in [1.82, 2.24) is 5.32 Å². The largest absolute Gasteiger partial charge is 0.455 e. The molecule has 0 aromatic heterocycles. The zero-order valence-electron chi connectivity index (χ0n) is 12.7. The predicted octanol–water partition coefficient (Wildman–Crippen LogP) is 1.01. The van der Waals surface area contributed by atoms with E-state index in [1.807, 2.05) is 30.3 Å². The van der Waals surface area contributed by atoms with Gasteiger partial charge in [0, 0.05) is 10.9 Å². The summed E-state index contributed by atoms with van der Waals surface area (Å²) in [5.74, 6) is -0.916. The number of rotatable bonds is 6. The molecule has 23 heavy (non-hydrogen) atoms. The first kappa shape index (κ1) is 17.8. The molecule has 1 aliphatic rings. The van der Waals surface area contributed by atoms with Gasteiger partial charge in [0.1, 0.15) is 5.25 Å². The molecule has 1 fully saturated rings. The number of benzene rings is 1. The number of amides is 1. The van der Waals surface area contributed by atoms with Gasteiger partial charge in [0.2, 0.25) is 0 Å². The molecule has 0 saturated carbocycles. The van der Waals surface area contributed by atoms with Gasteiger partial charge in [-0.25, -0.2) is 8.42 Å². The Morgan fingerprint density at radius 2 is 2.04 bits per heavy atom. The highest BCUT2D eigenvalue weighted by molar-refractivity contribution is 8.00. The molecule has 2 rings (SSSR count). The number of thioether (sulfide) groups is 1. The quantitative estimate of drug-likeness (QED) is 0.604. The highest BCUT2D eigenvalue weighted by Crippen LogP contribution is 2.23. The van der Waals surface area contributed by atoms with E-state index in [0.717, 1.165) is 4.90 Å². The van der Waals surface area contributed by atoms with E-state index in [2.05, 4.69) is 5.32 Å². The van der Waals surface area contributed by atoms with Gasteiger partial charge in [-0.3, -0.25) is 9.59 Å².